The first-order chi connectivity index (χ1) is 13.1. The Hall–Kier alpha value is -3.48. The number of hydrogen-bond donors (Lipinski definition) is 1. The molecule has 0 aliphatic heterocycles. The van der Waals surface area contributed by atoms with E-state index in [1.54, 1.807) is 25.5 Å². The van der Waals surface area contributed by atoms with E-state index < -0.39 is 17.5 Å². The van der Waals surface area contributed by atoms with E-state index in [-0.39, 0.29) is 11.1 Å². The van der Waals surface area contributed by atoms with Gasteiger partial charge in [0, 0.05) is 36.0 Å². The monoisotopic (exact) mass is 366 g/mol. The molecule has 0 saturated carbocycles. The van der Waals surface area contributed by atoms with Crippen LogP contribution in [0.15, 0.2) is 54.9 Å². The lowest BCUT2D eigenvalue weighted by Gasteiger charge is -2.11. The molecule has 7 heteroatoms. The van der Waals surface area contributed by atoms with E-state index in [0.717, 1.165) is 12.1 Å². The van der Waals surface area contributed by atoms with Gasteiger partial charge in [0.05, 0.1) is 5.52 Å². The molecule has 0 saturated heterocycles. The molecule has 0 fully saturated rings. The molecule has 0 aliphatic carbocycles. The van der Waals surface area contributed by atoms with Crippen LogP contribution in [0.25, 0.3) is 33.4 Å². The summed E-state index contributed by atoms with van der Waals surface area (Å²) in [7, 11) is 1.68. The fourth-order valence-corrected chi connectivity index (χ4v) is 2.85. The molecular weight excluding hydrogens is 353 g/mol. The number of pyridine rings is 1. The normalized spacial score (nSPS) is 11.0. The standard InChI is InChI=1S/C20H13F3N4/c1-24-20-14-8-16(22)13(11-4-5-15(21)17(23)7-11)9-18(14)26-19(27-20)12-3-2-6-25-10-12/h2-10H,1H3,(H,24,26,27). The molecule has 0 aliphatic rings. The summed E-state index contributed by atoms with van der Waals surface area (Å²) in [5, 5.41) is 3.42. The highest BCUT2D eigenvalue weighted by Crippen LogP contribution is 2.32. The molecule has 27 heavy (non-hydrogen) atoms. The molecule has 2 aromatic heterocycles. The molecule has 2 heterocycles. The maximum atomic E-state index is 14.7. The fourth-order valence-electron chi connectivity index (χ4n) is 2.85. The number of halogens is 3. The smallest absolute Gasteiger partial charge is 0.163 e. The Morgan fingerprint density at radius 1 is 0.852 bits per heavy atom. The van der Waals surface area contributed by atoms with Gasteiger partial charge in [-0.2, -0.15) is 0 Å². The first kappa shape index (κ1) is 17.0. The lowest BCUT2D eigenvalue weighted by Crippen LogP contribution is -2.00. The van der Waals surface area contributed by atoms with E-state index in [1.165, 1.54) is 18.2 Å². The second-order valence-electron chi connectivity index (χ2n) is 5.87. The van der Waals surface area contributed by atoms with Crippen molar-refractivity contribution in [3.8, 4) is 22.5 Å². The van der Waals surface area contributed by atoms with Crippen molar-refractivity contribution in [2.75, 3.05) is 12.4 Å². The van der Waals surface area contributed by atoms with Crippen LogP contribution in [-0.4, -0.2) is 22.0 Å². The Balaban J connectivity index is 1.95. The summed E-state index contributed by atoms with van der Waals surface area (Å²) in [6, 6.07) is 9.61. The van der Waals surface area contributed by atoms with E-state index in [4.69, 9.17) is 0 Å². The van der Waals surface area contributed by atoms with Gasteiger partial charge in [-0.05, 0) is 42.0 Å². The molecule has 0 radical (unpaired) electrons. The van der Waals surface area contributed by atoms with Crippen LogP contribution in [-0.2, 0) is 0 Å². The Kier molecular flexibility index (Phi) is 4.19. The number of benzene rings is 2. The summed E-state index contributed by atoms with van der Waals surface area (Å²) in [5.41, 5.74) is 1.52. The molecule has 4 nitrogen and oxygen atoms in total. The van der Waals surface area contributed by atoms with Crippen molar-refractivity contribution in [2.45, 2.75) is 0 Å². The van der Waals surface area contributed by atoms with Crippen LogP contribution in [0.3, 0.4) is 0 Å². The summed E-state index contributed by atoms with van der Waals surface area (Å²) < 4.78 is 41.4. The SMILES string of the molecule is CNc1nc(-c2cccnc2)nc2cc(-c3ccc(F)c(F)c3)c(F)cc12. The van der Waals surface area contributed by atoms with Crippen molar-refractivity contribution in [3.63, 3.8) is 0 Å². The van der Waals surface area contributed by atoms with E-state index in [0.29, 0.717) is 28.1 Å². The maximum Gasteiger partial charge on any atom is 0.163 e. The summed E-state index contributed by atoms with van der Waals surface area (Å²) in [5.74, 6) is -1.74. The van der Waals surface area contributed by atoms with Crippen LogP contribution < -0.4 is 5.32 Å². The van der Waals surface area contributed by atoms with Crippen molar-refractivity contribution >= 4 is 16.7 Å². The number of nitrogens with one attached hydrogen (secondary N) is 1. The molecule has 0 atom stereocenters. The molecule has 134 valence electrons. The predicted octanol–water partition coefficient (Wildman–Crippen LogP) is 4.82. The Morgan fingerprint density at radius 3 is 2.41 bits per heavy atom. The maximum absolute atomic E-state index is 14.7. The van der Waals surface area contributed by atoms with Crippen molar-refractivity contribution in [1.29, 1.82) is 0 Å². The van der Waals surface area contributed by atoms with Gasteiger partial charge in [0.2, 0.25) is 0 Å². The van der Waals surface area contributed by atoms with Gasteiger partial charge in [-0.15, -0.1) is 0 Å². The molecule has 4 rings (SSSR count). The molecule has 4 aromatic rings. The van der Waals surface area contributed by atoms with Gasteiger partial charge in [0.1, 0.15) is 11.6 Å². The summed E-state index contributed by atoms with van der Waals surface area (Å²) in [6.07, 6.45) is 3.26. The van der Waals surface area contributed by atoms with Crippen molar-refractivity contribution < 1.29 is 13.2 Å². The van der Waals surface area contributed by atoms with Crippen LogP contribution in [0.5, 0.6) is 0 Å². The highest BCUT2D eigenvalue weighted by atomic mass is 19.2. The van der Waals surface area contributed by atoms with E-state index >= 15 is 0 Å². The number of fused-ring (bicyclic) bond motifs is 1. The Morgan fingerprint density at radius 2 is 1.70 bits per heavy atom. The average Bonchev–Trinajstić information content (AvgIpc) is 2.69. The zero-order chi connectivity index (χ0) is 19.0. The largest absolute Gasteiger partial charge is 0.373 e. The van der Waals surface area contributed by atoms with Gasteiger partial charge in [-0.1, -0.05) is 6.07 Å². The van der Waals surface area contributed by atoms with Gasteiger partial charge >= 0.3 is 0 Å². The number of rotatable bonds is 3. The van der Waals surface area contributed by atoms with E-state index in [2.05, 4.69) is 20.3 Å². The minimum absolute atomic E-state index is 0.124. The first-order valence-electron chi connectivity index (χ1n) is 8.11. The molecule has 1 N–H and O–H groups in total. The summed E-state index contributed by atoms with van der Waals surface area (Å²) in [4.78, 5) is 13.0. The van der Waals surface area contributed by atoms with Crippen molar-refractivity contribution in [3.05, 3.63) is 72.3 Å². The van der Waals surface area contributed by atoms with Gasteiger partial charge < -0.3 is 5.32 Å². The Labute approximate surface area is 152 Å². The third-order valence-electron chi connectivity index (χ3n) is 4.17. The third-order valence-corrected chi connectivity index (χ3v) is 4.17. The molecule has 2 aromatic carbocycles. The first-order valence-corrected chi connectivity index (χ1v) is 8.11. The topological polar surface area (TPSA) is 50.7 Å². The zero-order valence-electron chi connectivity index (χ0n) is 14.2. The lowest BCUT2D eigenvalue weighted by atomic mass is 10.0. The zero-order valence-corrected chi connectivity index (χ0v) is 14.2. The average molecular weight is 366 g/mol. The molecule has 0 amide bonds. The molecular formula is C20H13F3N4. The molecule has 0 spiro atoms. The van der Waals surface area contributed by atoms with Crippen LogP contribution in [0.4, 0.5) is 19.0 Å². The predicted molar refractivity (Wildman–Crippen MR) is 97.6 cm³/mol. The van der Waals surface area contributed by atoms with Gasteiger partial charge in [0.15, 0.2) is 17.5 Å². The fraction of sp³-hybridized carbons (Fsp3) is 0.0500. The molecule has 0 bridgehead atoms. The lowest BCUT2D eigenvalue weighted by molar-refractivity contribution is 0.509. The van der Waals surface area contributed by atoms with Gasteiger partial charge in [0.25, 0.3) is 0 Å². The second-order valence-corrected chi connectivity index (χ2v) is 5.87. The Bertz CT molecular complexity index is 1150. The van der Waals surface area contributed by atoms with Crippen LogP contribution >= 0.6 is 0 Å². The minimum atomic E-state index is -1.04. The highest BCUT2D eigenvalue weighted by molar-refractivity contribution is 5.93. The number of aromatic nitrogens is 3. The number of nitrogens with zero attached hydrogens (tertiary/aromatic N) is 3. The third kappa shape index (κ3) is 3.08. The minimum Gasteiger partial charge on any atom is -0.373 e. The quantitative estimate of drug-likeness (QED) is 0.565. The van der Waals surface area contributed by atoms with E-state index in [1.807, 2.05) is 6.07 Å². The highest BCUT2D eigenvalue weighted by Gasteiger charge is 2.15. The molecule has 0 unspecified atom stereocenters. The number of hydrogen-bond acceptors (Lipinski definition) is 4. The summed E-state index contributed by atoms with van der Waals surface area (Å²) in [6.45, 7) is 0. The van der Waals surface area contributed by atoms with Crippen molar-refractivity contribution in [2.24, 2.45) is 0 Å². The van der Waals surface area contributed by atoms with Gasteiger partial charge in [-0.3, -0.25) is 4.98 Å². The number of anilines is 1. The van der Waals surface area contributed by atoms with E-state index in [9.17, 15) is 13.2 Å². The summed E-state index contributed by atoms with van der Waals surface area (Å²) >= 11 is 0. The van der Waals surface area contributed by atoms with Crippen molar-refractivity contribution in [1.82, 2.24) is 15.0 Å². The van der Waals surface area contributed by atoms with Crippen LogP contribution in [0, 0.1) is 17.5 Å². The van der Waals surface area contributed by atoms with Gasteiger partial charge in [-0.25, -0.2) is 23.1 Å². The second kappa shape index (κ2) is 6.68. The van der Waals surface area contributed by atoms with Crippen LogP contribution in [0.1, 0.15) is 0 Å². The van der Waals surface area contributed by atoms with Crippen LogP contribution in [0.2, 0.25) is 0 Å².